The molecule has 0 amide bonds. The molecule has 6 heteroatoms. The lowest BCUT2D eigenvalue weighted by Gasteiger charge is -2.08. The first-order chi connectivity index (χ1) is 10.1. The van der Waals surface area contributed by atoms with Crippen LogP contribution in [0.1, 0.15) is 5.56 Å². The van der Waals surface area contributed by atoms with Crippen LogP contribution in [0.3, 0.4) is 0 Å². The molecule has 21 heavy (non-hydrogen) atoms. The van der Waals surface area contributed by atoms with Crippen molar-refractivity contribution in [3.8, 4) is 28.5 Å². The topological polar surface area (TPSA) is 83.8 Å². The lowest BCUT2D eigenvalue weighted by Crippen LogP contribution is -2.13. The predicted molar refractivity (Wildman–Crippen MR) is 78.9 cm³/mol. The number of aromatic hydroxyl groups is 1. The summed E-state index contributed by atoms with van der Waals surface area (Å²) >= 11 is 0. The SMILES string of the molecule is Cc1ccccc1-c1c(O)nc(-c2ccnn2C)[nH]c1=O. The van der Waals surface area contributed by atoms with Crippen molar-refractivity contribution in [3.05, 3.63) is 52.4 Å². The van der Waals surface area contributed by atoms with E-state index >= 15 is 0 Å². The Morgan fingerprint density at radius 2 is 2.00 bits per heavy atom. The van der Waals surface area contributed by atoms with Gasteiger partial charge in [0.2, 0.25) is 5.88 Å². The van der Waals surface area contributed by atoms with Gasteiger partial charge in [0.1, 0.15) is 11.3 Å². The zero-order chi connectivity index (χ0) is 15.0. The molecule has 2 heterocycles. The molecular formula is C15H14N4O2. The number of nitrogens with one attached hydrogen (secondary N) is 1. The number of hydrogen-bond acceptors (Lipinski definition) is 4. The molecule has 2 aromatic heterocycles. The molecule has 0 bridgehead atoms. The minimum Gasteiger partial charge on any atom is -0.493 e. The van der Waals surface area contributed by atoms with Crippen LogP contribution in [-0.2, 0) is 7.05 Å². The molecule has 2 N–H and O–H groups in total. The van der Waals surface area contributed by atoms with E-state index in [4.69, 9.17) is 0 Å². The summed E-state index contributed by atoms with van der Waals surface area (Å²) in [7, 11) is 1.74. The maximum absolute atomic E-state index is 12.3. The summed E-state index contributed by atoms with van der Waals surface area (Å²) in [6.45, 7) is 1.88. The normalized spacial score (nSPS) is 10.8. The Kier molecular flexibility index (Phi) is 3.06. The van der Waals surface area contributed by atoms with Gasteiger partial charge in [-0.1, -0.05) is 24.3 Å². The van der Waals surface area contributed by atoms with Crippen molar-refractivity contribution < 1.29 is 5.11 Å². The summed E-state index contributed by atoms with van der Waals surface area (Å²) in [4.78, 5) is 19.1. The minimum atomic E-state index is -0.381. The van der Waals surface area contributed by atoms with Crippen LogP contribution in [0.25, 0.3) is 22.6 Å². The highest BCUT2D eigenvalue weighted by atomic mass is 16.3. The highest BCUT2D eigenvalue weighted by Crippen LogP contribution is 2.27. The zero-order valence-corrected chi connectivity index (χ0v) is 11.7. The van der Waals surface area contributed by atoms with Gasteiger partial charge in [0.15, 0.2) is 5.82 Å². The molecule has 0 atom stereocenters. The molecule has 1 aromatic carbocycles. The van der Waals surface area contributed by atoms with Crippen LogP contribution in [0.4, 0.5) is 0 Å². The fraction of sp³-hybridized carbons (Fsp3) is 0.133. The molecule has 0 fully saturated rings. The van der Waals surface area contributed by atoms with E-state index in [2.05, 4.69) is 15.1 Å². The molecule has 3 aromatic rings. The quantitative estimate of drug-likeness (QED) is 0.751. The minimum absolute atomic E-state index is 0.180. The number of aromatic nitrogens is 4. The molecule has 6 nitrogen and oxygen atoms in total. The third kappa shape index (κ3) is 2.20. The van der Waals surface area contributed by atoms with Gasteiger partial charge in [-0.3, -0.25) is 9.48 Å². The van der Waals surface area contributed by atoms with Crippen molar-refractivity contribution in [3.63, 3.8) is 0 Å². The van der Waals surface area contributed by atoms with Crippen molar-refractivity contribution in [2.24, 2.45) is 7.05 Å². The van der Waals surface area contributed by atoms with Crippen LogP contribution in [0.15, 0.2) is 41.3 Å². The second kappa shape index (κ2) is 4.90. The van der Waals surface area contributed by atoms with E-state index in [1.165, 1.54) is 0 Å². The number of rotatable bonds is 2. The number of benzene rings is 1. The van der Waals surface area contributed by atoms with Crippen LogP contribution in [0.5, 0.6) is 5.88 Å². The van der Waals surface area contributed by atoms with E-state index in [0.717, 1.165) is 5.56 Å². The Morgan fingerprint density at radius 3 is 2.62 bits per heavy atom. The van der Waals surface area contributed by atoms with Crippen LogP contribution < -0.4 is 5.56 Å². The lowest BCUT2D eigenvalue weighted by atomic mass is 10.0. The maximum Gasteiger partial charge on any atom is 0.262 e. The second-order valence-corrected chi connectivity index (χ2v) is 4.77. The van der Waals surface area contributed by atoms with E-state index in [1.807, 2.05) is 25.1 Å². The van der Waals surface area contributed by atoms with E-state index in [-0.39, 0.29) is 22.8 Å². The number of aromatic amines is 1. The van der Waals surface area contributed by atoms with Gasteiger partial charge in [-0.05, 0) is 24.1 Å². The fourth-order valence-corrected chi connectivity index (χ4v) is 2.29. The lowest BCUT2D eigenvalue weighted by molar-refractivity contribution is 0.454. The third-order valence-electron chi connectivity index (χ3n) is 3.38. The first-order valence-electron chi connectivity index (χ1n) is 6.45. The Hall–Kier alpha value is -2.89. The van der Waals surface area contributed by atoms with Gasteiger partial charge >= 0.3 is 0 Å². The van der Waals surface area contributed by atoms with Gasteiger partial charge in [-0.25, -0.2) is 0 Å². The Balaban J connectivity index is 2.21. The number of aryl methyl sites for hydroxylation is 2. The highest BCUT2D eigenvalue weighted by molar-refractivity contribution is 5.71. The summed E-state index contributed by atoms with van der Waals surface area (Å²) < 4.78 is 1.57. The van der Waals surface area contributed by atoms with Crippen LogP contribution >= 0.6 is 0 Å². The van der Waals surface area contributed by atoms with Crippen molar-refractivity contribution >= 4 is 0 Å². The molecule has 0 radical (unpaired) electrons. The Labute approximate surface area is 120 Å². The molecule has 0 unspecified atom stereocenters. The van der Waals surface area contributed by atoms with Crippen LogP contribution in [-0.4, -0.2) is 24.9 Å². The van der Waals surface area contributed by atoms with Crippen molar-refractivity contribution in [1.82, 2.24) is 19.7 Å². The third-order valence-corrected chi connectivity index (χ3v) is 3.38. The standard InChI is InChI=1S/C15H14N4O2/c1-9-5-3-4-6-10(9)12-14(20)17-13(18-15(12)21)11-7-8-16-19(11)2/h3-8H,1-2H3,(H2,17,18,20,21). The number of hydrogen-bond donors (Lipinski definition) is 2. The molecule has 0 aliphatic rings. The molecule has 0 saturated heterocycles. The molecule has 3 rings (SSSR count). The van der Waals surface area contributed by atoms with Gasteiger partial charge < -0.3 is 10.1 Å². The van der Waals surface area contributed by atoms with E-state index in [9.17, 15) is 9.90 Å². The maximum atomic E-state index is 12.3. The van der Waals surface area contributed by atoms with Gasteiger partial charge in [0, 0.05) is 13.2 Å². The highest BCUT2D eigenvalue weighted by Gasteiger charge is 2.16. The number of nitrogens with zero attached hydrogens (tertiary/aromatic N) is 3. The second-order valence-electron chi connectivity index (χ2n) is 4.77. The largest absolute Gasteiger partial charge is 0.493 e. The Morgan fingerprint density at radius 1 is 1.24 bits per heavy atom. The van der Waals surface area contributed by atoms with Gasteiger partial charge in [-0.2, -0.15) is 10.1 Å². The smallest absolute Gasteiger partial charge is 0.262 e. The van der Waals surface area contributed by atoms with Crippen molar-refractivity contribution in [2.45, 2.75) is 6.92 Å². The fourth-order valence-electron chi connectivity index (χ4n) is 2.29. The summed E-state index contributed by atoms with van der Waals surface area (Å²) in [5, 5.41) is 14.2. The first-order valence-corrected chi connectivity index (χ1v) is 6.45. The summed E-state index contributed by atoms with van der Waals surface area (Å²) in [5.41, 5.74) is 1.99. The van der Waals surface area contributed by atoms with Gasteiger partial charge in [-0.15, -0.1) is 0 Å². The van der Waals surface area contributed by atoms with E-state index < -0.39 is 0 Å². The predicted octanol–water partition coefficient (Wildman–Crippen LogP) is 1.85. The molecule has 0 saturated carbocycles. The first kappa shape index (κ1) is 13.1. The molecular weight excluding hydrogens is 268 g/mol. The van der Waals surface area contributed by atoms with Crippen molar-refractivity contribution in [2.75, 3.05) is 0 Å². The average molecular weight is 282 g/mol. The molecule has 0 aliphatic heterocycles. The van der Waals surface area contributed by atoms with E-state index in [1.54, 1.807) is 30.1 Å². The van der Waals surface area contributed by atoms with E-state index in [0.29, 0.717) is 11.3 Å². The molecule has 0 spiro atoms. The molecule has 0 aliphatic carbocycles. The van der Waals surface area contributed by atoms with Crippen LogP contribution in [0, 0.1) is 6.92 Å². The summed E-state index contributed by atoms with van der Waals surface area (Å²) in [6, 6.07) is 9.07. The number of H-pyrrole nitrogens is 1. The van der Waals surface area contributed by atoms with Crippen molar-refractivity contribution in [1.29, 1.82) is 0 Å². The Bertz CT molecular complexity index is 864. The zero-order valence-electron chi connectivity index (χ0n) is 11.7. The average Bonchev–Trinajstić information content (AvgIpc) is 2.86. The van der Waals surface area contributed by atoms with Gasteiger partial charge in [0.05, 0.1) is 0 Å². The molecule has 106 valence electrons. The monoisotopic (exact) mass is 282 g/mol. The van der Waals surface area contributed by atoms with Gasteiger partial charge in [0.25, 0.3) is 5.56 Å². The summed E-state index contributed by atoms with van der Waals surface area (Å²) in [5.74, 6) is -0.000848. The van der Waals surface area contributed by atoms with Crippen LogP contribution in [0.2, 0.25) is 0 Å². The summed E-state index contributed by atoms with van der Waals surface area (Å²) in [6.07, 6.45) is 1.60.